The Balaban J connectivity index is 1.55. The maximum absolute atomic E-state index is 12.1. The van der Waals surface area contributed by atoms with Crippen molar-refractivity contribution in [2.75, 3.05) is 13.2 Å². The zero-order chi connectivity index (χ0) is 16.4. The summed E-state index contributed by atoms with van der Waals surface area (Å²) < 4.78 is 5.30. The highest BCUT2D eigenvalue weighted by atomic mass is 35.5. The average Bonchev–Trinajstić information content (AvgIpc) is 2.88. The van der Waals surface area contributed by atoms with Crippen LogP contribution < -0.4 is 0 Å². The van der Waals surface area contributed by atoms with Gasteiger partial charge >= 0.3 is 5.97 Å². The third-order valence-electron chi connectivity index (χ3n) is 3.76. The van der Waals surface area contributed by atoms with Gasteiger partial charge in [-0.2, -0.15) is 0 Å². The van der Waals surface area contributed by atoms with Crippen molar-refractivity contribution in [3.8, 4) is 0 Å². The first-order valence-electron chi connectivity index (χ1n) is 7.15. The number of carbonyl (C=O) groups is 1. The number of benzene rings is 2. The van der Waals surface area contributed by atoms with E-state index in [0.29, 0.717) is 11.6 Å². The van der Waals surface area contributed by atoms with Gasteiger partial charge in [0.25, 0.3) is 0 Å². The number of halogens is 3. The number of rotatable bonds is 4. The maximum atomic E-state index is 12.1. The molecule has 0 radical (unpaired) electrons. The Hall–Kier alpha value is -1.26. The molecule has 0 N–H and O–H groups in total. The highest BCUT2D eigenvalue weighted by Gasteiger charge is 2.20. The molecule has 0 saturated heterocycles. The average molecular weight is 371 g/mol. The van der Waals surface area contributed by atoms with Crippen molar-refractivity contribution < 1.29 is 9.53 Å². The van der Waals surface area contributed by atoms with E-state index in [1.807, 2.05) is 12.1 Å². The summed E-state index contributed by atoms with van der Waals surface area (Å²) in [5.74, 6) is -0.534. The smallest absolute Gasteiger partial charge is 0.341 e. The van der Waals surface area contributed by atoms with Crippen molar-refractivity contribution >= 4 is 40.8 Å². The molecule has 0 fully saturated rings. The van der Waals surface area contributed by atoms with Crippen LogP contribution in [0.25, 0.3) is 0 Å². The predicted molar refractivity (Wildman–Crippen MR) is 92.3 cm³/mol. The fraction of sp³-hybridized carbons (Fsp3) is 0.235. The Morgan fingerprint density at radius 1 is 1.04 bits per heavy atom. The summed E-state index contributed by atoms with van der Waals surface area (Å²) in [6, 6.07) is 11.3. The monoisotopic (exact) mass is 369 g/mol. The summed E-state index contributed by atoms with van der Waals surface area (Å²) in [5.41, 5.74) is 2.80. The van der Waals surface area contributed by atoms with Crippen LogP contribution in [0.1, 0.15) is 21.5 Å². The molecular weight excluding hydrogens is 357 g/mol. The van der Waals surface area contributed by atoms with E-state index >= 15 is 0 Å². The maximum Gasteiger partial charge on any atom is 0.341 e. The van der Waals surface area contributed by atoms with Gasteiger partial charge in [-0.05, 0) is 23.3 Å². The second kappa shape index (κ2) is 7.10. The quantitative estimate of drug-likeness (QED) is 0.723. The van der Waals surface area contributed by atoms with E-state index in [0.717, 1.165) is 13.1 Å². The Labute approximate surface area is 149 Å². The van der Waals surface area contributed by atoms with E-state index in [4.69, 9.17) is 39.5 Å². The number of ether oxygens (including phenoxy) is 1. The van der Waals surface area contributed by atoms with E-state index in [2.05, 4.69) is 17.0 Å². The molecule has 6 heteroatoms. The molecule has 120 valence electrons. The number of hydrogen-bond donors (Lipinski definition) is 0. The van der Waals surface area contributed by atoms with Gasteiger partial charge < -0.3 is 4.74 Å². The molecule has 23 heavy (non-hydrogen) atoms. The first kappa shape index (κ1) is 16.6. The molecule has 0 aromatic heterocycles. The van der Waals surface area contributed by atoms with Crippen molar-refractivity contribution in [2.24, 2.45) is 0 Å². The molecule has 0 atom stereocenters. The molecule has 3 nitrogen and oxygen atoms in total. The van der Waals surface area contributed by atoms with Crippen LogP contribution in [-0.4, -0.2) is 24.0 Å². The number of esters is 1. The lowest BCUT2D eigenvalue weighted by Gasteiger charge is -2.15. The van der Waals surface area contributed by atoms with Gasteiger partial charge in [0.15, 0.2) is 0 Å². The molecule has 1 aliphatic heterocycles. The Kier molecular flexibility index (Phi) is 5.12. The number of carbonyl (C=O) groups excluding carboxylic acids is 1. The molecule has 0 amide bonds. The van der Waals surface area contributed by atoms with Gasteiger partial charge in [0.2, 0.25) is 0 Å². The summed E-state index contributed by atoms with van der Waals surface area (Å²) in [6.45, 7) is 2.68. The van der Waals surface area contributed by atoms with Crippen LogP contribution in [0, 0.1) is 0 Å². The van der Waals surface area contributed by atoms with Crippen LogP contribution in [0.3, 0.4) is 0 Å². The van der Waals surface area contributed by atoms with Crippen LogP contribution in [0.5, 0.6) is 0 Å². The first-order chi connectivity index (χ1) is 11.0. The molecule has 2 aromatic carbocycles. The highest BCUT2D eigenvalue weighted by Crippen LogP contribution is 2.29. The number of fused-ring (bicyclic) bond motifs is 1. The first-order valence-corrected chi connectivity index (χ1v) is 8.29. The predicted octanol–water partition coefficient (Wildman–Crippen LogP) is 4.82. The lowest BCUT2D eigenvalue weighted by molar-refractivity contribution is 0.0461. The van der Waals surface area contributed by atoms with Crippen molar-refractivity contribution in [1.82, 2.24) is 4.90 Å². The Morgan fingerprint density at radius 3 is 2.17 bits per heavy atom. The largest absolute Gasteiger partial charge is 0.461 e. The second-order valence-corrected chi connectivity index (χ2v) is 6.61. The van der Waals surface area contributed by atoms with Gasteiger partial charge in [-0.15, -0.1) is 0 Å². The molecule has 2 aromatic rings. The summed E-state index contributed by atoms with van der Waals surface area (Å²) in [6.07, 6.45) is 0. The molecule has 0 spiro atoms. The van der Waals surface area contributed by atoms with E-state index in [1.54, 1.807) is 0 Å². The van der Waals surface area contributed by atoms with E-state index in [1.165, 1.54) is 23.3 Å². The minimum absolute atomic E-state index is 0.155. The minimum Gasteiger partial charge on any atom is -0.461 e. The van der Waals surface area contributed by atoms with Gasteiger partial charge in [-0.25, -0.2) is 4.79 Å². The number of hydrogen-bond acceptors (Lipinski definition) is 3. The molecule has 0 aliphatic carbocycles. The Morgan fingerprint density at radius 2 is 1.61 bits per heavy atom. The number of nitrogens with zero attached hydrogens (tertiary/aromatic N) is 1. The fourth-order valence-electron chi connectivity index (χ4n) is 2.64. The van der Waals surface area contributed by atoms with Gasteiger partial charge in [-0.3, -0.25) is 4.90 Å². The lowest BCUT2D eigenvalue weighted by Crippen LogP contribution is -2.23. The zero-order valence-corrected chi connectivity index (χ0v) is 14.5. The SMILES string of the molecule is O=C(OCCN1Cc2ccccc2C1)c1c(Cl)cc(Cl)cc1Cl. The summed E-state index contributed by atoms with van der Waals surface area (Å²) >= 11 is 17.9. The van der Waals surface area contributed by atoms with Crippen LogP contribution >= 0.6 is 34.8 Å². The Bertz CT molecular complexity index is 700. The van der Waals surface area contributed by atoms with E-state index < -0.39 is 5.97 Å². The van der Waals surface area contributed by atoms with E-state index in [-0.39, 0.29) is 22.2 Å². The third-order valence-corrected chi connectivity index (χ3v) is 4.57. The van der Waals surface area contributed by atoms with Crippen molar-refractivity contribution in [2.45, 2.75) is 13.1 Å². The topological polar surface area (TPSA) is 29.5 Å². The van der Waals surface area contributed by atoms with Crippen LogP contribution in [-0.2, 0) is 17.8 Å². The van der Waals surface area contributed by atoms with Crippen molar-refractivity contribution in [1.29, 1.82) is 0 Å². The standard InChI is InChI=1S/C17H14Cl3NO2/c18-13-7-14(19)16(15(20)8-13)17(22)23-6-5-21-9-11-3-1-2-4-12(11)10-21/h1-4,7-8H,5-6,9-10H2. The molecule has 1 heterocycles. The molecule has 0 unspecified atom stereocenters. The van der Waals surface area contributed by atoms with Gasteiger partial charge in [-0.1, -0.05) is 59.1 Å². The summed E-state index contributed by atoms with van der Waals surface area (Å²) in [7, 11) is 0. The minimum atomic E-state index is -0.534. The van der Waals surface area contributed by atoms with Crippen molar-refractivity contribution in [3.05, 3.63) is 68.2 Å². The van der Waals surface area contributed by atoms with Gasteiger partial charge in [0, 0.05) is 24.7 Å². The molecule has 0 bridgehead atoms. The molecule has 3 rings (SSSR count). The summed E-state index contributed by atoms with van der Waals surface area (Å²) in [4.78, 5) is 14.4. The second-order valence-electron chi connectivity index (χ2n) is 5.36. The lowest BCUT2D eigenvalue weighted by atomic mass is 10.1. The fourth-order valence-corrected chi connectivity index (χ4v) is 3.61. The molecule has 1 aliphatic rings. The zero-order valence-electron chi connectivity index (χ0n) is 12.2. The molecular formula is C17H14Cl3NO2. The van der Waals surface area contributed by atoms with Crippen LogP contribution in [0.2, 0.25) is 15.1 Å². The highest BCUT2D eigenvalue weighted by molar-refractivity contribution is 6.41. The van der Waals surface area contributed by atoms with E-state index in [9.17, 15) is 4.79 Å². The normalized spacial score (nSPS) is 13.9. The third kappa shape index (κ3) is 3.81. The van der Waals surface area contributed by atoms with Crippen LogP contribution in [0.15, 0.2) is 36.4 Å². The van der Waals surface area contributed by atoms with Gasteiger partial charge in [0.1, 0.15) is 6.61 Å². The van der Waals surface area contributed by atoms with Gasteiger partial charge in [0.05, 0.1) is 15.6 Å². The van der Waals surface area contributed by atoms with Crippen molar-refractivity contribution in [3.63, 3.8) is 0 Å². The molecule has 0 saturated carbocycles. The summed E-state index contributed by atoms with van der Waals surface area (Å²) in [5, 5.41) is 0.772. The van der Waals surface area contributed by atoms with Crippen LogP contribution in [0.4, 0.5) is 0 Å².